The zero-order chi connectivity index (χ0) is 13.2. The maximum atomic E-state index is 11.7. The maximum Gasteiger partial charge on any atom is 0.425 e. The average Bonchev–Trinajstić information content (AvgIpc) is 2.77. The molecule has 4 nitrogen and oxygen atoms in total. The fourth-order valence-corrected chi connectivity index (χ4v) is 2.37. The molecule has 1 saturated heterocycles. The topological polar surface area (TPSA) is 55.6 Å². The van der Waals surface area contributed by atoms with Crippen LogP contribution in [0.3, 0.4) is 0 Å². The largest absolute Gasteiger partial charge is 0.438 e. The van der Waals surface area contributed by atoms with Gasteiger partial charge >= 0.3 is 6.09 Å². The Hall–Kier alpha value is -2.33. The van der Waals surface area contributed by atoms with Crippen molar-refractivity contribution in [3.05, 3.63) is 71.8 Å². The third-order valence-corrected chi connectivity index (χ3v) is 3.29. The van der Waals surface area contributed by atoms with Crippen LogP contribution >= 0.6 is 0 Å². The molecule has 4 heteroatoms. The van der Waals surface area contributed by atoms with Crippen LogP contribution in [0.4, 0.5) is 4.79 Å². The second kappa shape index (κ2) is 4.74. The van der Waals surface area contributed by atoms with Crippen LogP contribution in [-0.2, 0) is 4.74 Å². The molecular formula is C15H14N2O2. The van der Waals surface area contributed by atoms with Crippen molar-refractivity contribution >= 4 is 6.09 Å². The molecule has 1 aliphatic heterocycles. The van der Waals surface area contributed by atoms with Gasteiger partial charge in [-0.2, -0.15) is 0 Å². The summed E-state index contributed by atoms with van der Waals surface area (Å²) in [7, 11) is 0. The summed E-state index contributed by atoms with van der Waals surface area (Å²) < 4.78 is 5.39. The first-order valence-corrected chi connectivity index (χ1v) is 6.12. The van der Waals surface area contributed by atoms with Crippen molar-refractivity contribution in [3.8, 4) is 0 Å². The van der Waals surface area contributed by atoms with E-state index in [2.05, 4.69) is 0 Å². The van der Waals surface area contributed by atoms with Crippen molar-refractivity contribution in [3.63, 3.8) is 0 Å². The third-order valence-electron chi connectivity index (χ3n) is 3.29. The Bertz CT molecular complexity index is 571. The van der Waals surface area contributed by atoms with Crippen LogP contribution in [-0.4, -0.2) is 11.1 Å². The summed E-state index contributed by atoms with van der Waals surface area (Å²) in [6.07, 6.45) is -0.871. The van der Waals surface area contributed by atoms with Crippen LogP contribution in [0.1, 0.15) is 23.3 Å². The van der Waals surface area contributed by atoms with Crippen molar-refractivity contribution in [1.82, 2.24) is 5.01 Å². The smallest absolute Gasteiger partial charge is 0.425 e. The molecule has 1 heterocycles. The van der Waals surface area contributed by atoms with E-state index in [9.17, 15) is 4.79 Å². The lowest BCUT2D eigenvalue weighted by atomic mass is 9.96. The van der Waals surface area contributed by atoms with Gasteiger partial charge in [0.25, 0.3) is 0 Å². The quantitative estimate of drug-likeness (QED) is 0.662. The Morgan fingerprint density at radius 3 is 2.00 bits per heavy atom. The predicted octanol–water partition coefficient (Wildman–Crippen LogP) is 2.79. The van der Waals surface area contributed by atoms with Gasteiger partial charge in [-0.1, -0.05) is 60.7 Å². The molecule has 2 atom stereocenters. The lowest BCUT2D eigenvalue weighted by molar-refractivity contribution is 0.130. The summed E-state index contributed by atoms with van der Waals surface area (Å²) in [5.41, 5.74) is 1.90. The van der Waals surface area contributed by atoms with E-state index in [1.165, 1.54) is 0 Å². The zero-order valence-electron chi connectivity index (χ0n) is 10.3. The van der Waals surface area contributed by atoms with E-state index >= 15 is 0 Å². The summed E-state index contributed by atoms with van der Waals surface area (Å²) in [6.45, 7) is 0. The van der Waals surface area contributed by atoms with Gasteiger partial charge in [0.05, 0.1) is 0 Å². The van der Waals surface area contributed by atoms with Crippen molar-refractivity contribution < 1.29 is 9.53 Å². The van der Waals surface area contributed by atoms with Crippen LogP contribution in [0.25, 0.3) is 0 Å². The lowest BCUT2D eigenvalue weighted by Gasteiger charge is -2.21. The Morgan fingerprint density at radius 1 is 0.895 bits per heavy atom. The van der Waals surface area contributed by atoms with Crippen LogP contribution in [0.15, 0.2) is 60.7 Å². The summed E-state index contributed by atoms with van der Waals surface area (Å²) >= 11 is 0. The number of hydrazine groups is 1. The molecule has 0 radical (unpaired) electrons. The number of rotatable bonds is 2. The van der Waals surface area contributed by atoms with Gasteiger partial charge in [-0.05, 0) is 11.1 Å². The maximum absolute atomic E-state index is 11.7. The van der Waals surface area contributed by atoms with Crippen LogP contribution in [0.2, 0.25) is 0 Å². The third kappa shape index (κ3) is 2.06. The first kappa shape index (κ1) is 11.7. The molecular weight excluding hydrogens is 240 g/mol. The number of amides is 1. The average molecular weight is 254 g/mol. The van der Waals surface area contributed by atoms with Gasteiger partial charge < -0.3 is 4.74 Å². The molecule has 0 saturated carbocycles. The van der Waals surface area contributed by atoms with E-state index in [1.807, 2.05) is 60.7 Å². The summed E-state index contributed by atoms with van der Waals surface area (Å²) in [6, 6.07) is 19.0. The van der Waals surface area contributed by atoms with E-state index in [1.54, 1.807) is 0 Å². The molecule has 2 N–H and O–H groups in total. The van der Waals surface area contributed by atoms with Crippen LogP contribution < -0.4 is 5.84 Å². The summed E-state index contributed by atoms with van der Waals surface area (Å²) in [5.74, 6) is 5.84. The summed E-state index contributed by atoms with van der Waals surface area (Å²) in [4.78, 5) is 11.7. The number of carbonyl (C=O) groups excluding carboxylic acids is 1. The van der Waals surface area contributed by atoms with Gasteiger partial charge in [-0.25, -0.2) is 15.6 Å². The first-order chi connectivity index (χ1) is 9.27. The number of hydrogen-bond donors (Lipinski definition) is 1. The highest BCUT2D eigenvalue weighted by Crippen LogP contribution is 2.40. The van der Waals surface area contributed by atoms with E-state index in [-0.39, 0.29) is 12.1 Å². The highest BCUT2D eigenvalue weighted by Gasteiger charge is 2.42. The molecule has 1 aliphatic rings. The molecule has 3 rings (SSSR count). The second-order valence-electron chi connectivity index (χ2n) is 4.48. The number of benzene rings is 2. The molecule has 96 valence electrons. The zero-order valence-corrected chi connectivity index (χ0v) is 10.3. The number of ether oxygens (including phenoxy) is 1. The Labute approximate surface area is 111 Å². The first-order valence-electron chi connectivity index (χ1n) is 6.12. The molecule has 0 aliphatic carbocycles. The molecule has 0 aromatic heterocycles. The van der Waals surface area contributed by atoms with Gasteiger partial charge in [0.15, 0.2) is 6.10 Å². The monoisotopic (exact) mass is 254 g/mol. The Morgan fingerprint density at radius 2 is 1.42 bits per heavy atom. The van der Waals surface area contributed by atoms with E-state index in [0.29, 0.717) is 0 Å². The van der Waals surface area contributed by atoms with Crippen molar-refractivity contribution in [2.24, 2.45) is 5.84 Å². The minimum Gasteiger partial charge on any atom is -0.438 e. The molecule has 19 heavy (non-hydrogen) atoms. The van der Waals surface area contributed by atoms with Crippen molar-refractivity contribution in [2.45, 2.75) is 12.1 Å². The van der Waals surface area contributed by atoms with Gasteiger partial charge in [0, 0.05) is 0 Å². The highest BCUT2D eigenvalue weighted by molar-refractivity contribution is 5.70. The van der Waals surface area contributed by atoms with E-state index in [0.717, 1.165) is 16.1 Å². The van der Waals surface area contributed by atoms with Gasteiger partial charge in [0.1, 0.15) is 6.04 Å². The molecule has 1 fully saturated rings. The van der Waals surface area contributed by atoms with Gasteiger partial charge in [-0.3, -0.25) is 0 Å². The number of cyclic esters (lactones) is 1. The fraction of sp³-hybridized carbons (Fsp3) is 0.133. The predicted molar refractivity (Wildman–Crippen MR) is 70.9 cm³/mol. The molecule has 0 unspecified atom stereocenters. The number of carbonyl (C=O) groups is 1. The van der Waals surface area contributed by atoms with E-state index in [4.69, 9.17) is 10.6 Å². The van der Waals surface area contributed by atoms with Gasteiger partial charge in [-0.15, -0.1) is 0 Å². The minimum atomic E-state index is -0.497. The summed E-state index contributed by atoms with van der Waals surface area (Å²) in [5, 5.41) is 1.16. The number of hydrogen-bond acceptors (Lipinski definition) is 3. The van der Waals surface area contributed by atoms with Crippen LogP contribution in [0, 0.1) is 0 Å². The van der Waals surface area contributed by atoms with E-state index < -0.39 is 6.09 Å². The van der Waals surface area contributed by atoms with Crippen LogP contribution in [0.5, 0.6) is 0 Å². The Balaban J connectivity index is 2.01. The molecule has 0 bridgehead atoms. The van der Waals surface area contributed by atoms with Crippen molar-refractivity contribution in [1.29, 1.82) is 0 Å². The molecule has 2 aromatic rings. The Kier molecular flexibility index (Phi) is 2.93. The second-order valence-corrected chi connectivity index (χ2v) is 4.48. The number of nitrogens with zero attached hydrogens (tertiary/aromatic N) is 1. The van der Waals surface area contributed by atoms with Gasteiger partial charge in [0.2, 0.25) is 0 Å². The lowest BCUT2D eigenvalue weighted by Crippen LogP contribution is -2.34. The fourth-order valence-electron chi connectivity index (χ4n) is 2.37. The van der Waals surface area contributed by atoms with Crippen molar-refractivity contribution in [2.75, 3.05) is 0 Å². The SMILES string of the molecule is NN1C(=O)O[C@@H](c2ccccc2)[C@@H]1c1ccccc1. The minimum absolute atomic E-state index is 0.295. The normalized spacial score (nSPS) is 22.4. The molecule has 0 spiro atoms. The standard InChI is InChI=1S/C15H14N2O2/c16-17-13(11-7-3-1-4-8-11)14(19-15(17)18)12-9-5-2-6-10-12/h1-10,13-14H,16H2/t13-,14-/m0/s1. The molecule has 2 aromatic carbocycles. The molecule has 1 amide bonds. The number of nitrogens with two attached hydrogens (primary N) is 1. The highest BCUT2D eigenvalue weighted by atomic mass is 16.6.